The second-order valence-corrected chi connectivity index (χ2v) is 7.83. The van der Waals surface area contributed by atoms with Crippen molar-refractivity contribution in [3.63, 3.8) is 0 Å². The zero-order valence-corrected chi connectivity index (χ0v) is 17.3. The molecule has 3 heterocycles. The topological polar surface area (TPSA) is 75.4 Å². The van der Waals surface area contributed by atoms with Crippen molar-refractivity contribution in [2.24, 2.45) is 7.05 Å². The summed E-state index contributed by atoms with van der Waals surface area (Å²) in [5.74, 6) is -0.0827. The summed E-state index contributed by atoms with van der Waals surface area (Å²) in [7, 11) is 3.76. The standard InChI is InChI=1S/C21H28N6O2/c1-15(20(28)22-8-9-26-12-10-24(2)11-13-26)27-18-7-5-4-6-16(18)17-14-23-25(3)21(29)19(17)27/h4-7,14-15H,8-13H2,1-3H3,(H,22,28). The molecular weight excluding hydrogens is 368 g/mol. The Morgan fingerprint density at radius 2 is 1.86 bits per heavy atom. The van der Waals surface area contributed by atoms with Gasteiger partial charge in [0.25, 0.3) is 5.56 Å². The van der Waals surface area contributed by atoms with E-state index in [1.807, 2.05) is 35.8 Å². The molecule has 1 unspecified atom stereocenters. The van der Waals surface area contributed by atoms with Gasteiger partial charge in [0.2, 0.25) is 5.91 Å². The van der Waals surface area contributed by atoms with E-state index in [0.29, 0.717) is 12.1 Å². The summed E-state index contributed by atoms with van der Waals surface area (Å²) in [6, 6.07) is 7.27. The van der Waals surface area contributed by atoms with E-state index in [1.165, 1.54) is 4.68 Å². The van der Waals surface area contributed by atoms with Crippen molar-refractivity contribution in [2.45, 2.75) is 13.0 Å². The minimum atomic E-state index is -0.500. The first-order valence-electron chi connectivity index (χ1n) is 10.1. The fourth-order valence-electron chi connectivity index (χ4n) is 4.06. The van der Waals surface area contributed by atoms with Gasteiger partial charge in [-0.2, -0.15) is 5.10 Å². The highest BCUT2D eigenvalue weighted by Gasteiger charge is 2.23. The maximum Gasteiger partial charge on any atom is 0.291 e. The number of para-hydroxylation sites is 1. The molecule has 4 rings (SSSR count). The largest absolute Gasteiger partial charge is 0.353 e. The molecular formula is C21H28N6O2. The summed E-state index contributed by atoms with van der Waals surface area (Å²) in [6.07, 6.45) is 1.70. The van der Waals surface area contributed by atoms with Crippen molar-refractivity contribution >= 4 is 27.7 Å². The molecule has 1 aliphatic heterocycles. The van der Waals surface area contributed by atoms with Crippen LogP contribution in [0.1, 0.15) is 13.0 Å². The Kier molecular flexibility index (Phi) is 5.38. The highest BCUT2D eigenvalue weighted by Crippen LogP contribution is 2.29. The van der Waals surface area contributed by atoms with Crippen molar-refractivity contribution in [3.8, 4) is 0 Å². The number of nitrogens with one attached hydrogen (secondary N) is 1. The minimum absolute atomic E-state index is 0.0827. The fraction of sp³-hybridized carbons (Fsp3) is 0.476. The maximum absolute atomic E-state index is 12.9. The van der Waals surface area contributed by atoms with E-state index >= 15 is 0 Å². The van der Waals surface area contributed by atoms with Crippen molar-refractivity contribution in [1.29, 1.82) is 0 Å². The van der Waals surface area contributed by atoms with Gasteiger partial charge < -0.3 is 14.8 Å². The number of nitrogens with zero attached hydrogens (tertiary/aromatic N) is 5. The number of carbonyl (C=O) groups excluding carboxylic acids is 1. The van der Waals surface area contributed by atoms with Crippen LogP contribution in [0.5, 0.6) is 0 Å². The number of carbonyl (C=O) groups is 1. The van der Waals surface area contributed by atoms with Crippen LogP contribution in [-0.4, -0.2) is 76.4 Å². The lowest BCUT2D eigenvalue weighted by Gasteiger charge is -2.32. The molecule has 1 aliphatic rings. The van der Waals surface area contributed by atoms with Crippen LogP contribution in [0.2, 0.25) is 0 Å². The molecule has 1 aromatic carbocycles. The average molecular weight is 396 g/mol. The fourth-order valence-corrected chi connectivity index (χ4v) is 4.06. The van der Waals surface area contributed by atoms with Crippen LogP contribution in [0, 0.1) is 0 Å². The van der Waals surface area contributed by atoms with Crippen molar-refractivity contribution < 1.29 is 4.79 Å². The number of aromatic nitrogens is 3. The van der Waals surface area contributed by atoms with Gasteiger partial charge in [-0.1, -0.05) is 18.2 Å². The van der Waals surface area contributed by atoms with Crippen molar-refractivity contribution in [1.82, 2.24) is 29.5 Å². The minimum Gasteiger partial charge on any atom is -0.353 e. The van der Waals surface area contributed by atoms with Gasteiger partial charge in [0.15, 0.2) is 0 Å². The van der Waals surface area contributed by atoms with Crippen LogP contribution in [0.4, 0.5) is 0 Å². The number of hydrogen-bond acceptors (Lipinski definition) is 5. The lowest BCUT2D eigenvalue weighted by molar-refractivity contribution is -0.123. The number of piperazine rings is 1. The summed E-state index contributed by atoms with van der Waals surface area (Å²) < 4.78 is 3.16. The Bertz CT molecular complexity index is 1090. The zero-order chi connectivity index (χ0) is 20.5. The normalized spacial score (nSPS) is 17.1. The molecule has 8 nitrogen and oxygen atoms in total. The lowest BCUT2D eigenvalue weighted by atomic mass is 10.2. The van der Waals surface area contributed by atoms with E-state index in [0.717, 1.165) is 49.0 Å². The number of benzene rings is 1. The summed E-state index contributed by atoms with van der Waals surface area (Å²) in [5, 5.41) is 8.93. The number of amides is 1. The van der Waals surface area contributed by atoms with Gasteiger partial charge in [-0.3, -0.25) is 14.5 Å². The molecule has 0 saturated carbocycles. The average Bonchev–Trinajstić information content (AvgIpc) is 3.06. The number of rotatable bonds is 5. The molecule has 0 aliphatic carbocycles. The monoisotopic (exact) mass is 396 g/mol. The molecule has 2 aromatic heterocycles. The van der Waals surface area contributed by atoms with E-state index in [9.17, 15) is 9.59 Å². The van der Waals surface area contributed by atoms with E-state index in [4.69, 9.17) is 0 Å². The Hall–Kier alpha value is -2.71. The second kappa shape index (κ2) is 7.96. The number of fused-ring (bicyclic) bond motifs is 3. The Balaban J connectivity index is 1.57. The Morgan fingerprint density at radius 3 is 2.62 bits per heavy atom. The maximum atomic E-state index is 12.9. The molecule has 1 fully saturated rings. The first kappa shape index (κ1) is 19.6. The smallest absolute Gasteiger partial charge is 0.291 e. The van der Waals surface area contributed by atoms with Crippen LogP contribution in [-0.2, 0) is 11.8 Å². The van der Waals surface area contributed by atoms with Gasteiger partial charge in [0.1, 0.15) is 11.6 Å². The summed E-state index contributed by atoms with van der Waals surface area (Å²) in [5.41, 5.74) is 1.19. The lowest BCUT2D eigenvalue weighted by Crippen LogP contribution is -2.47. The number of likely N-dealkylation sites (N-methyl/N-ethyl adjacent to an activating group) is 1. The van der Waals surface area contributed by atoms with Crippen LogP contribution in [0.3, 0.4) is 0 Å². The molecule has 154 valence electrons. The number of aryl methyl sites for hydroxylation is 1. The van der Waals surface area contributed by atoms with E-state index in [-0.39, 0.29) is 11.5 Å². The van der Waals surface area contributed by atoms with E-state index < -0.39 is 6.04 Å². The van der Waals surface area contributed by atoms with Crippen LogP contribution in [0.15, 0.2) is 35.3 Å². The molecule has 29 heavy (non-hydrogen) atoms. The van der Waals surface area contributed by atoms with Crippen molar-refractivity contribution in [2.75, 3.05) is 46.3 Å². The predicted molar refractivity (Wildman–Crippen MR) is 114 cm³/mol. The molecule has 1 N–H and O–H groups in total. The van der Waals surface area contributed by atoms with Crippen molar-refractivity contribution in [3.05, 3.63) is 40.8 Å². The third kappa shape index (κ3) is 3.65. The quantitative estimate of drug-likeness (QED) is 0.691. The second-order valence-electron chi connectivity index (χ2n) is 7.83. The van der Waals surface area contributed by atoms with Crippen LogP contribution >= 0.6 is 0 Å². The van der Waals surface area contributed by atoms with Crippen LogP contribution in [0.25, 0.3) is 21.8 Å². The Morgan fingerprint density at radius 1 is 1.14 bits per heavy atom. The predicted octanol–water partition coefficient (Wildman–Crippen LogP) is 0.813. The first-order chi connectivity index (χ1) is 14.0. The third-order valence-electron chi connectivity index (χ3n) is 5.90. The van der Waals surface area contributed by atoms with E-state index in [2.05, 4.69) is 27.3 Å². The molecule has 8 heteroatoms. The zero-order valence-electron chi connectivity index (χ0n) is 17.3. The molecule has 1 atom stereocenters. The Labute approximate surface area is 169 Å². The SMILES string of the molecule is CC(C(=O)NCCN1CCN(C)CC1)n1c2ccccc2c2cnn(C)c(=O)c21. The van der Waals surface area contributed by atoms with Crippen LogP contribution < -0.4 is 10.9 Å². The molecule has 1 amide bonds. The summed E-state index contributed by atoms with van der Waals surface area (Å²) >= 11 is 0. The van der Waals surface area contributed by atoms with E-state index in [1.54, 1.807) is 13.2 Å². The van der Waals surface area contributed by atoms with Gasteiger partial charge in [-0.15, -0.1) is 0 Å². The summed E-state index contributed by atoms with van der Waals surface area (Å²) in [4.78, 5) is 30.4. The summed E-state index contributed by atoms with van der Waals surface area (Å²) in [6.45, 7) is 7.45. The first-order valence-corrected chi connectivity index (χ1v) is 10.1. The van der Waals surface area contributed by atoms with Gasteiger partial charge in [0.05, 0.1) is 11.7 Å². The molecule has 0 spiro atoms. The highest BCUT2D eigenvalue weighted by atomic mass is 16.2. The van der Waals surface area contributed by atoms with Gasteiger partial charge >= 0.3 is 0 Å². The molecule has 0 radical (unpaired) electrons. The molecule has 0 bridgehead atoms. The molecule has 3 aromatic rings. The van der Waals surface area contributed by atoms with Gasteiger partial charge in [0, 0.05) is 57.1 Å². The highest BCUT2D eigenvalue weighted by molar-refractivity contribution is 6.08. The number of hydrogen-bond donors (Lipinski definition) is 1. The van der Waals surface area contributed by atoms with Gasteiger partial charge in [-0.05, 0) is 20.0 Å². The molecule has 1 saturated heterocycles. The van der Waals surface area contributed by atoms with Gasteiger partial charge in [-0.25, -0.2) is 4.68 Å². The third-order valence-corrected chi connectivity index (χ3v) is 5.90.